The minimum Gasteiger partial charge on any atom is -0.316 e. The predicted molar refractivity (Wildman–Crippen MR) is 61.2 cm³/mol. The third kappa shape index (κ3) is 1.40. The van der Waals surface area contributed by atoms with Crippen LogP contribution in [0, 0.1) is 5.41 Å². The summed E-state index contributed by atoms with van der Waals surface area (Å²) in [6, 6.07) is 4.24. The maximum absolute atomic E-state index is 5.96. The summed E-state index contributed by atoms with van der Waals surface area (Å²) in [5, 5.41) is 3.40. The number of halogens is 1. The zero-order chi connectivity index (χ0) is 9.60. The van der Waals surface area contributed by atoms with Crippen molar-refractivity contribution in [3.63, 3.8) is 0 Å². The van der Waals surface area contributed by atoms with Crippen LogP contribution < -0.4 is 5.32 Å². The molecule has 3 heteroatoms. The standard InChI is InChI=1S/C11H14ClNS/c12-10-2-1-9(14-10)8-3-4-11(5-8)6-13-7-11/h1-2,8,13H,3-7H2. The predicted octanol–water partition coefficient (Wildman–Crippen LogP) is 3.26. The Bertz CT molecular complexity index is 343. The molecule has 1 spiro atoms. The number of hydrogen-bond acceptors (Lipinski definition) is 2. The van der Waals surface area contributed by atoms with Crippen LogP contribution in [0.2, 0.25) is 4.34 Å². The normalized spacial score (nSPS) is 29.4. The molecule has 1 aliphatic carbocycles. The smallest absolute Gasteiger partial charge is 0.0931 e. The first-order valence-corrected chi connectivity index (χ1v) is 6.43. The molecule has 1 aromatic heterocycles. The van der Waals surface area contributed by atoms with Crippen molar-refractivity contribution < 1.29 is 0 Å². The van der Waals surface area contributed by atoms with Crippen LogP contribution >= 0.6 is 22.9 Å². The maximum atomic E-state index is 5.96. The van der Waals surface area contributed by atoms with Crippen molar-refractivity contribution in [1.29, 1.82) is 0 Å². The molecule has 1 unspecified atom stereocenters. The van der Waals surface area contributed by atoms with Crippen LogP contribution in [-0.2, 0) is 0 Å². The summed E-state index contributed by atoms with van der Waals surface area (Å²) in [5.74, 6) is 0.787. The highest BCUT2D eigenvalue weighted by molar-refractivity contribution is 7.16. The maximum Gasteiger partial charge on any atom is 0.0931 e. The minimum absolute atomic E-state index is 0.654. The van der Waals surface area contributed by atoms with Gasteiger partial charge in [-0.25, -0.2) is 0 Å². The first kappa shape index (κ1) is 9.20. The van der Waals surface area contributed by atoms with E-state index in [-0.39, 0.29) is 0 Å². The molecule has 1 aromatic rings. The van der Waals surface area contributed by atoms with E-state index < -0.39 is 0 Å². The molecule has 2 aliphatic rings. The van der Waals surface area contributed by atoms with E-state index in [4.69, 9.17) is 11.6 Å². The highest BCUT2D eigenvalue weighted by atomic mass is 35.5. The van der Waals surface area contributed by atoms with E-state index in [2.05, 4.69) is 11.4 Å². The van der Waals surface area contributed by atoms with E-state index in [1.54, 1.807) is 11.3 Å². The summed E-state index contributed by atoms with van der Waals surface area (Å²) in [6.07, 6.45) is 4.13. The van der Waals surface area contributed by atoms with Crippen molar-refractivity contribution in [2.24, 2.45) is 5.41 Å². The van der Waals surface area contributed by atoms with Gasteiger partial charge in [0.05, 0.1) is 4.34 Å². The molecule has 1 aliphatic heterocycles. The molecular formula is C11H14ClNS. The summed E-state index contributed by atoms with van der Waals surface area (Å²) in [4.78, 5) is 1.50. The Morgan fingerprint density at radius 1 is 1.43 bits per heavy atom. The summed E-state index contributed by atoms with van der Waals surface area (Å²) >= 11 is 7.73. The van der Waals surface area contributed by atoms with Crippen LogP contribution in [-0.4, -0.2) is 13.1 Å². The van der Waals surface area contributed by atoms with Crippen molar-refractivity contribution in [2.45, 2.75) is 25.2 Å². The minimum atomic E-state index is 0.654. The second kappa shape index (κ2) is 3.22. The van der Waals surface area contributed by atoms with Crippen LogP contribution in [0.4, 0.5) is 0 Å². The average Bonchev–Trinajstić information content (AvgIpc) is 2.67. The molecule has 0 radical (unpaired) electrons. The topological polar surface area (TPSA) is 12.0 Å². The Morgan fingerprint density at radius 3 is 2.79 bits per heavy atom. The van der Waals surface area contributed by atoms with Crippen molar-refractivity contribution in [3.05, 3.63) is 21.3 Å². The Kier molecular flexibility index (Phi) is 2.12. The summed E-state index contributed by atoms with van der Waals surface area (Å²) in [5.41, 5.74) is 0.654. The van der Waals surface area contributed by atoms with Gasteiger partial charge in [0.25, 0.3) is 0 Å². The number of thiophene rings is 1. The monoisotopic (exact) mass is 227 g/mol. The SMILES string of the molecule is Clc1ccc(C2CCC3(CNC3)C2)s1. The van der Waals surface area contributed by atoms with Gasteiger partial charge in [0.2, 0.25) is 0 Å². The lowest BCUT2D eigenvalue weighted by Crippen LogP contribution is -2.51. The quantitative estimate of drug-likeness (QED) is 0.777. The molecule has 0 bridgehead atoms. The number of rotatable bonds is 1. The third-order valence-electron chi connectivity index (χ3n) is 3.70. The lowest BCUT2D eigenvalue weighted by atomic mass is 9.79. The Morgan fingerprint density at radius 2 is 2.29 bits per heavy atom. The lowest BCUT2D eigenvalue weighted by Gasteiger charge is -2.39. The van der Waals surface area contributed by atoms with E-state index in [9.17, 15) is 0 Å². The molecule has 1 N–H and O–H groups in total. The summed E-state index contributed by atoms with van der Waals surface area (Å²) in [7, 11) is 0. The fourth-order valence-electron chi connectivity index (χ4n) is 2.80. The van der Waals surface area contributed by atoms with Crippen molar-refractivity contribution in [2.75, 3.05) is 13.1 Å². The van der Waals surface area contributed by atoms with E-state index in [1.807, 2.05) is 6.07 Å². The van der Waals surface area contributed by atoms with Crippen LogP contribution in [0.1, 0.15) is 30.1 Å². The van der Waals surface area contributed by atoms with Gasteiger partial charge in [-0.15, -0.1) is 11.3 Å². The van der Waals surface area contributed by atoms with E-state index in [0.717, 1.165) is 10.3 Å². The van der Waals surface area contributed by atoms with E-state index in [1.165, 1.54) is 37.2 Å². The first-order chi connectivity index (χ1) is 6.77. The highest BCUT2D eigenvalue weighted by Gasteiger charge is 2.44. The second-order valence-electron chi connectivity index (χ2n) is 4.69. The molecule has 1 saturated heterocycles. The largest absolute Gasteiger partial charge is 0.316 e. The van der Waals surface area contributed by atoms with Crippen molar-refractivity contribution in [3.8, 4) is 0 Å². The molecule has 0 amide bonds. The van der Waals surface area contributed by atoms with Gasteiger partial charge in [-0.2, -0.15) is 0 Å². The zero-order valence-electron chi connectivity index (χ0n) is 8.05. The summed E-state index contributed by atoms with van der Waals surface area (Å²) in [6.45, 7) is 2.48. The molecule has 1 atom stereocenters. The van der Waals surface area contributed by atoms with Gasteiger partial charge in [-0.1, -0.05) is 11.6 Å². The highest BCUT2D eigenvalue weighted by Crippen LogP contribution is 2.50. The Labute approximate surface area is 93.5 Å². The molecule has 2 heterocycles. The Hall–Kier alpha value is -0.0500. The van der Waals surface area contributed by atoms with Gasteiger partial charge in [0.15, 0.2) is 0 Å². The van der Waals surface area contributed by atoms with Gasteiger partial charge < -0.3 is 5.32 Å². The zero-order valence-corrected chi connectivity index (χ0v) is 9.63. The van der Waals surface area contributed by atoms with Gasteiger partial charge >= 0.3 is 0 Å². The van der Waals surface area contributed by atoms with Gasteiger partial charge in [0, 0.05) is 18.0 Å². The molecule has 76 valence electrons. The fourth-order valence-corrected chi connectivity index (χ4v) is 3.99. The third-order valence-corrected chi connectivity index (χ3v) is 5.09. The Balaban J connectivity index is 1.76. The molecule has 1 saturated carbocycles. The second-order valence-corrected chi connectivity index (χ2v) is 6.43. The average molecular weight is 228 g/mol. The van der Waals surface area contributed by atoms with Gasteiger partial charge in [0.1, 0.15) is 0 Å². The number of hydrogen-bond donors (Lipinski definition) is 1. The van der Waals surface area contributed by atoms with E-state index in [0.29, 0.717) is 5.41 Å². The fraction of sp³-hybridized carbons (Fsp3) is 0.636. The molecule has 0 aromatic carbocycles. The van der Waals surface area contributed by atoms with Crippen molar-refractivity contribution in [1.82, 2.24) is 5.32 Å². The molecule has 14 heavy (non-hydrogen) atoms. The molecule has 2 fully saturated rings. The van der Waals surface area contributed by atoms with Crippen LogP contribution in [0.15, 0.2) is 12.1 Å². The molecular weight excluding hydrogens is 214 g/mol. The van der Waals surface area contributed by atoms with E-state index >= 15 is 0 Å². The van der Waals surface area contributed by atoms with Crippen LogP contribution in [0.3, 0.4) is 0 Å². The van der Waals surface area contributed by atoms with Crippen molar-refractivity contribution >= 4 is 22.9 Å². The van der Waals surface area contributed by atoms with Gasteiger partial charge in [-0.05, 0) is 42.7 Å². The first-order valence-electron chi connectivity index (χ1n) is 5.23. The van der Waals surface area contributed by atoms with Crippen LogP contribution in [0.25, 0.3) is 0 Å². The molecule has 3 rings (SSSR count). The lowest BCUT2D eigenvalue weighted by molar-refractivity contribution is 0.175. The van der Waals surface area contributed by atoms with Gasteiger partial charge in [-0.3, -0.25) is 0 Å². The number of nitrogens with one attached hydrogen (secondary N) is 1. The molecule has 1 nitrogen and oxygen atoms in total. The van der Waals surface area contributed by atoms with Crippen LogP contribution in [0.5, 0.6) is 0 Å². The summed E-state index contributed by atoms with van der Waals surface area (Å²) < 4.78 is 0.938.